The van der Waals surface area contributed by atoms with E-state index in [1.54, 1.807) is 6.26 Å². The van der Waals surface area contributed by atoms with Crippen molar-refractivity contribution in [3.05, 3.63) is 35.7 Å². The first-order chi connectivity index (χ1) is 13.3. The predicted molar refractivity (Wildman–Crippen MR) is 119 cm³/mol. The fourth-order valence-corrected chi connectivity index (χ4v) is 3.80. The Morgan fingerprint density at radius 2 is 2.04 bits per heavy atom. The van der Waals surface area contributed by atoms with Crippen LogP contribution in [-0.4, -0.2) is 63.2 Å². The van der Waals surface area contributed by atoms with Gasteiger partial charge in [0.25, 0.3) is 0 Å². The van der Waals surface area contributed by atoms with Crippen LogP contribution in [0.25, 0.3) is 0 Å². The van der Waals surface area contributed by atoms with Crippen LogP contribution in [0.5, 0.6) is 0 Å². The lowest BCUT2D eigenvalue weighted by molar-refractivity contribution is 0.169. The Morgan fingerprint density at radius 1 is 1.18 bits per heavy atom. The molecule has 0 spiro atoms. The number of aryl methyl sites for hydroxylation is 2. The van der Waals surface area contributed by atoms with Gasteiger partial charge in [-0.3, -0.25) is 4.90 Å². The van der Waals surface area contributed by atoms with Crippen LogP contribution in [-0.2, 0) is 26.1 Å². The van der Waals surface area contributed by atoms with Gasteiger partial charge in [-0.1, -0.05) is 5.16 Å². The summed E-state index contributed by atoms with van der Waals surface area (Å²) >= 11 is 0. The molecule has 2 aliphatic rings. The number of nitrogens with one attached hydrogen (secondary N) is 1. The number of halogens is 1. The zero-order chi connectivity index (χ0) is 18.5. The Balaban J connectivity index is 0.00000225. The number of piperazine rings is 1. The average molecular weight is 499 g/mol. The fraction of sp³-hybridized carbons (Fsp3) is 0.632. The molecule has 1 fully saturated rings. The second-order valence-electron chi connectivity index (χ2n) is 7.22. The number of guanidine groups is 1. The topological polar surface area (TPSA) is 74.7 Å². The molecule has 0 aromatic carbocycles. The van der Waals surface area contributed by atoms with Crippen LogP contribution in [0.2, 0.25) is 0 Å². The van der Waals surface area contributed by atoms with Crippen molar-refractivity contribution in [2.75, 3.05) is 32.7 Å². The van der Waals surface area contributed by atoms with Gasteiger partial charge in [-0.25, -0.2) is 9.98 Å². The van der Waals surface area contributed by atoms with E-state index in [9.17, 15) is 0 Å². The van der Waals surface area contributed by atoms with E-state index in [1.165, 1.54) is 18.7 Å². The summed E-state index contributed by atoms with van der Waals surface area (Å²) in [7, 11) is 0. The fourth-order valence-electron chi connectivity index (χ4n) is 3.80. The van der Waals surface area contributed by atoms with Gasteiger partial charge in [0.05, 0.1) is 17.9 Å². The highest BCUT2D eigenvalue weighted by Gasteiger charge is 2.20. The van der Waals surface area contributed by atoms with Gasteiger partial charge in [0.1, 0.15) is 12.1 Å². The van der Waals surface area contributed by atoms with Crippen molar-refractivity contribution in [3.8, 4) is 0 Å². The van der Waals surface area contributed by atoms with E-state index in [1.807, 2.05) is 6.07 Å². The second kappa shape index (κ2) is 10.2. The van der Waals surface area contributed by atoms with Crippen molar-refractivity contribution >= 4 is 29.9 Å². The van der Waals surface area contributed by atoms with Crippen molar-refractivity contribution < 1.29 is 4.52 Å². The number of hydrogen-bond donors (Lipinski definition) is 1. The van der Waals surface area contributed by atoms with E-state index in [4.69, 9.17) is 14.5 Å². The lowest BCUT2D eigenvalue weighted by atomic mass is 10.2. The molecule has 154 valence electrons. The van der Waals surface area contributed by atoms with Gasteiger partial charge in [-0.2, -0.15) is 0 Å². The summed E-state index contributed by atoms with van der Waals surface area (Å²) in [4.78, 5) is 14.4. The maximum Gasteiger partial charge on any atom is 0.194 e. The van der Waals surface area contributed by atoms with Gasteiger partial charge in [0.15, 0.2) is 5.96 Å². The number of aliphatic imine (C=N–C) groups is 1. The Morgan fingerprint density at radius 3 is 2.75 bits per heavy atom. The molecule has 2 aromatic rings. The third-order valence-electron chi connectivity index (χ3n) is 5.23. The molecule has 0 radical (unpaired) electrons. The molecule has 0 saturated carbocycles. The number of imidazole rings is 1. The Hall–Kier alpha value is -1.62. The largest absolute Gasteiger partial charge is 0.364 e. The molecular formula is C19H30IN7O. The van der Waals surface area contributed by atoms with Crippen molar-refractivity contribution in [2.24, 2.45) is 4.99 Å². The minimum Gasteiger partial charge on any atom is -0.364 e. The van der Waals surface area contributed by atoms with Crippen LogP contribution >= 0.6 is 24.0 Å². The van der Waals surface area contributed by atoms with E-state index in [2.05, 4.69) is 38.0 Å². The Labute approximate surface area is 183 Å². The average Bonchev–Trinajstić information content (AvgIpc) is 3.35. The van der Waals surface area contributed by atoms with Crippen LogP contribution in [0.3, 0.4) is 0 Å². The van der Waals surface area contributed by atoms with E-state index in [-0.39, 0.29) is 24.0 Å². The smallest absolute Gasteiger partial charge is 0.194 e. The summed E-state index contributed by atoms with van der Waals surface area (Å²) in [5.41, 5.74) is 2.07. The minimum absolute atomic E-state index is 0. The van der Waals surface area contributed by atoms with E-state index in [0.29, 0.717) is 6.54 Å². The summed E-state index contributed by atoms with van der Waals surface area (Å²) in [6.07, 6.45) is 7.41. The summed E-state index contributed by atoms with van der Waals surface area (Å²) in [6.45, 7) is 9.49. The molecular weight excluding hydrogens is 469 g/mol. The summed E-state index contributed by atoms with van der Waals surface area (Å²) in [5, 5.41) is 7.45. The van der Waals surface area contributed by atoms with Crippen molar-refractivity contribution in [1.82, 2.24) is 29.8 Å². The van der Waals surface area contributed by atoms with Gasteiger partial charge in [-0.15, -0.1) is 24.0 Å². The van der Waals surface area contributed by atoms with Gasteiger partial charge in [-0.05, 0) is 19.8 Å². The van der Waals surface area contributed by atoms with Crippen LogP contribution in [0.4, 0.5) is 0 Å². The molecule has 0 bridgehead atoms. The molecule has 4 heterocycles. The highest BCUT2D eigenvalue weighted by molar-refractivity contribution is 14.0. The molecule has 1 saturated heterocycles. The third kappa shape index (κ3) is 5.25. The maximum absolute atomic E-state index is 4.93. The third-order valence-corrected chi connectivity index (χ3v) is 5.23. The highest BCUT2D eigenvalue weighted by atomic mass is 127. The number of nitrogens with zero attached hydrogens (tertiary/aromatic N) is 6. The van der Waals surface area contributed by atoms with Gasteiger partial charge in [0, 0.05) is 64.5 Å². The first-order valence-corrected chi connectivity index (χ1v) is 10.0. The van der Waals surface area contributed by atoms with Crippen LogP contribution in [0.15, 0.2) is 28.0 Å². The van der Waals surface area contributed by atoms with Crippen LogP contribution in [0, 0.1) is 0 Å². The SMILES string of the molecule is CCNC(=NCc1cn2c(n1)CCCC2)N1CCN(Cc2ccon2)CC1.I. The molecule has 4 rings (SSSR count). The van der Waals surface area contributed by atoms with Crippen molar-refractivity contribution in [3.63, 3.8) is 0 Å². The van der Waals surface area contributed by atoms with Crippen molar-refractivity contribution in [2.45, 2.75) is 45.8 Å². The second-order valence-corrected chi connectivity index (χ2v) is 7.22. The summed E-state index contributed by atoms with van der Waals surface area (Å²) < 4.78 is 7.22. The molecule has 2 aliphatic heterocycles. The molecule has 0 aliphatic carbocycles. The first-order valence-electron chi connectivity index (χ1n) is 10.0. The van der Waals surface area contributed by atoms with E-state index < -0.39 is 0 Å². The van der Waals surface area contributed by atoms with Gasteiger partial charge >= 0.3 is 0 Å². The molecule has 8 nitrogen and oxygen atoms in total. The van der Waals surface area contributed by atoms with Crippen molar-refractivity contribution in [1.29, 1.82) is 0 Å². The molecule has 0 amide bonds. The minimum atomic E-state index is 0. The standard InChI is InChI=1S/C19H29N7O.HI/c1-2-20-19(21-13-17-15-26-7-4-3-5-18(26)22-17)25-10-8-24(9-11-25)14-16-6-12-27-23-16;/h6,12,15H,2-5,7-11,13-14H2,1H3,(H,20,21);1H. The molecule has 1 N–H and O–H groups in total. The van der Waals surface area contributed by atoms with Crippen LogP contribution in [0.1, 0.15) is 37.0 Å². The monoisotopic (exact) mass is 499 g/mol. The summed E-state index contributed by atoms with van der Waals surface area (Å²) in [5.74, 6) is 2.21. The predicted octanol–water partition coefficient (Wildman–Crippen LogP) is 2.11. The lowest BCUT2D eigenvalue weighted by Crippen LogP contribution is -2.52. The normalized spacial score (nSPS) is 17.9. The van der Waals surface area contributed by atoms with Gasteiger partial charge < -0.3 is 19.3 Å². The Kier molecular flexibility index (Phi) is 7.72. The highest BCUT2D eigenvalue weighted by Crippen LogP contribution is 2.15. The van der Waals surface area contributed by atoms with E-state index >= 15 is 0 Å². The number of fused-ring (bicyclic) bond motifs is 1. The quantitative estimate of drug-likeness (QED) is 0.386. The molecule has 28 heavy (non-hydrogen) atoms. The maximum atomic E-state index is 4.93. The number of aromatic nitrogens is 3. The zero-order valence-corrected chi connectivity index (χ0v) is 18.8. The summed E-state index contributed by atoms with van der Waals surface area (Å²) in [6, 6.07) is 1.93. The number of rotatable bonds is 5. The molecule has 2 aromatic heterocycles. The molecule has 0 unspecified atom stereocenters. The zero-order valence-electron chi connectivity index (χ0n) is 16.5. The first kappa shape index (κ1) is 21.1. The van der Waals surface area contributed by atoms with E-state index in [0.717, 1.165) is 69.6 Å². The lowest BCUT2D eigenvalue weighted by Gasteiger charge is -2.36. The van der Waals surface area contributed by atoms with Crippen LogP contribution < -0.4 is 5.32 Å². The molecule has 0 atom stereocenters. The number of hydrogen-bond acceptors (Lipinski definition) is 5. The Bertz CT molecular complexity index is 727. The molecule has 9 heteroatoms. The van der Waals surface area contributed by atoms with Gasteiger partial charge in [0.2, 0.25) is 0 Å².